The molecule has 1 unspecified atom stereocenters. The molecule has 2 aromatic heterocycles. The van der Waals surface area contributed by atoms with E-state index in [2.05, 4.69) is 9.97 Å². The number of hydrogen-bond donors (Lipinski definition) is 3. The molecule has 3 N–H and O–H groups in total. The van der Waals surface area contributed by atoms with E-state index in [0.717, 1.165) is 58.8 Å². The van der Waals surface area contributed by atoms with Crippen molar-refractivity contribution in [3.63, 3.8) is 0 Å². The lowest BCUT2D eigenvalue weighted by Crippen LogP contribution is -2.24. The zero-order valence-electron chi connectivity index (χ0n) is 25.8. The monoisotopic (exact) mass is 610 g/mol. The maximum atomic E-state index is 11.9. The van der Waals surface area contributed by atoms with Crippen LogP contribution < -0.4 is 9.47 Å². The third kappa shape index (κ3) is 8.31. The molecule has 3 heterocycles. The van der Waals surface area contributed by atoms with Crippen LogP contribution in [0.3, 0.4) is 0 Å². The number of carbonyl (C=O) groups excluding carboxylic acids is 2. The number of H-pyrrole nitrogens is 2. The molecule has 11 heteroatoms. The van der Waals surface area contributed by atoms with Crippen molar-refractivity contribution in [1.29, 1.82) is 0 Å². The molecule has 1 aliphatic rings. The summed E-state index contributed by atoms with van der Waals surface area (Å²) in [5.74, 6) is 0.572. The van der Waals surface area contributed by atoms with Gasteiger partial charge < -0.3 is 43.5 Å². The van der Waals surface area contributed by atoms with Crippen LogP contribution in [0.1, 0.15) is 65.2 Å². The Bertz CT molecular complexity index is 1540. The highest BCUT2D eigenvalue weighted by molar-refractivity contribution is 5.99. The van der Waals surface area contributed by atoms with Gasteiger partial charge in [0.1, 0.15) is 36.1 Å². The number of benzene rings is 2. The van der Waals surface area contributed by atoms with Crippen LogP contribution in [0.15, 0.2) is 36.4 Å². The van der Waals surface area contributed by atoms with Crippen LogP contribution in [0, 0.1) is 13.8 Å². The zero-order chi connectivity index (χ0) is 31.5. The predicted octanol–water partition coefficient (Wildman–Crippen LogP) is 5.60. The Morgan fingerprint density at radius 3 is 1.84 bits per heavy atom. The summed E-state index contributed by atoms with van der Waals surface area (Å²) in [6, 6.07) is 11.2. The number of aliphatic hydroxyl groups is 1. The minimum Gasteiger partial charge on any atom is -0.489 e. The fourth-order valence-electron chi connectivity index (χ4n) is 4.88. The number of rotatable bonds is 12. The first-order valence-electron chi connectivity index (χ1n) is 15.0. The summed E-state index contributed by atoms with van der Waals surface area (Å²) in [5, 5.41) is 10.7. The van der Waals surface area contributed by atoms with Crippen molar-refractivity contribution in [2.45, 2.75) is 53.2 Å². The number of aryl methyl sites for hydroxylation is 2. The van der Waals surface area contributed by atoms with Gasteiger partial charge in [-0.05, 0) is 82.3 Å². The molecule has 0 amide bonds. The highest BCUT2D eigenvalue weighted by atomic mass is 16.7. The Morgan fingerprint density at radius 1 is 0.818 bits per heavy atom. The molecule has 2 aromatic carbocycles. The summed E-state index contributed by atoms with van der Waals surface area (Å²) in [7, 11) is 0. The van der Waals surface area contributed by atoms with E-state index in [4.69, 9.17) is 33.5 Å². The molecule has 238 valence electrons. The molecular weight excluding hydrogens is 568 g/mol. The number of aliphatic hydroxyl groups excluding tert-OH is 1. The molecule has 44 heavy (non-hydrogen) atoms. The van der Waals surface area contributed by atoms with Gasteiger partial charge in [-0.1, -0.05) is 12.1 Å². The minimum atomic E-state index is -0.383. The van der Waals surface area contributed by atoms with Gasteiger partial charge in [-0.25, -0.2) is 9.59 Å². The molecule has 5 rings (SSSR count). The second-order valence-corrected chi connectivity index (χ2v) is 10.2. The van der Waals surface area contributed by atoms with E-state index in [1.807, 2.05) is 44.2 Å². The van der Waals surface area contributed by atoms with Crippen molar-refractivity contribution < 1.29 is 43.1 Å². The molecule has 11 nitrogen and oxygen atoms in total. The molecule has 0 aliphatic carbocycles. The maximum Gasteiger partial charge on any atom is 0.354 e. The van der Waals surface area contributed by atoms with Gasteiger partial charge in [-0.3, -0.25) is 0 Å². The Labute approximate surface area is 256 Å². The number of fused-ring (bicyclic) bond motifs is 2. The van der Waals surface area contributed by atoms with Crippen molar-refractivity contribution in [1.82, 2.24) is 9.97 Å². The van der Waals surface area contributed by atoms with Crippen LogP contribution in [-0.2, 0) is 18.9 Å². The fourth-order valence-corrected chi connectivity index (χ4v) is 4.88. The zero-order valence-corrected chi connectivity index (χ0v) is 25.8. The second kappa shape index (κ2) is 16.1. The van der Waals surface area contributed by atoms with Gasteiger partial charge in [0, 0.05) is 17.4 Å². The number of aromatic amines is 2. The first-order valence-corrected chi connectivity index (χ1v) is 15.0. The lowest BCUT2D eigenvalue weighted by Gasteiger charge is -2.22. The Hall–Kier alpha value is -4.06. The predicted molar refractivity (Wildman–Crippen MR) is 166 cm³/mol. The standard InChI is InChI=1S/C19H25NO5.C14H17NO4/c1-3-22-19(21)15-12-14-13(2)7-8-16(18(14)20-15)23-10-11-25-17-6-4-5-9-24-17;1-3-18-14(17)11-8-10-9(2)4-5-12(13(10)15-11)19-7-6-16/h7-8,12,17,20H,3-6,9-11H2,1-2H3;4-5,8,15-16H,3,6-7H2,1-2H3. The minimum absolute atomic E-state index is 0.0548. The SMILES string of the molecule is CCOC(=O)c1cc2c(C)ccc(OCCO)c2[nH]1.CCOC(=O)c1cc2c(C)ccc(OCCOC3CCCCO3)c2[nH]1. The summed E-state index contributed by atoms with van der Waals surface area (Å²) in [5.41, 5.74) is 4.50. The second-order valence-electron chi connectivity index (χ2n) is 10.2. The van der Waals surface area contributed by atoms with Crippen molar-refractivity contribution in [2.75, 3.05) is 46.2 Å². The van der Waals surface area contributed by atoms with Crippen LogP contribution >= 0.6 is 0 Å². The van der Waals surface area contributed by atoms with E-state index in [9.17, 15) is 9.59 Å². The highest BCUT2D eigenvalue weighted by Gasteiger charge is 2.17. The first-order chi connectivity index (χ1) is 21.4. The van der Waals surface area contributed by atoms with Gasteiger partial charge in [0.05, 0.1) is 37.5 Å². The van der Waals surface area contributed by atoms with Gasteiger partial charge >= 0.3 is 11.9 Å². The van der Waals surface area contributed by atoms with E-state index in [1.54, 1.807) is 19.9 Å². The average molecular weight is 611 g/mol. The molecule has 0 radical (unpaired) electrons. The molecular formula is C33H42N2O9. The number of esters is 2. The van der Waals surface area contributed by atoms with Crippen molar-refractivity contribution in [3.8, 4) is 11.5 Å². The largest absolute Gasteiger partial charge is 0.489 e. The lowest BCUT2D eigenvalue weighted by atomic mass is 10.1. The van der Waals surface area contributed by atoms with Crippen LogP contribution in [-0.4, -0.2) is 79.6 Å². The van der Waals surface area contributed by atoms with Gasteiger partial charge in [0.25, 0.3) is 0 Å². The quantitative estimate of drug-likeness (QED) is 0.138. The van der Waals surface area contributed by atoms with Crippen LogP contribution in [0.25, 0.3) is 21.8 Å². The molecule has 4 aromatic rings. The topological polar surface area (TPSA) is 141 Å². The molecule has 1 saturated heterocycles. The van der Waals surface area contributed by atoms with E-state index in [0.29, 0.717) is 49.3 Å². The van der Waals surface area contributed by atoms with Gasteiger partial charge in [0.15, 0.2) is 6.29 Å². The van der Waals surface area contributed by atoms with Crippen molar-refractivity contribution in [3.05, 3.63) is 58.9 Å². The van der Waals surface area contributed by atoms with E-state index in [1.165, 1.54) is 0 Å². The molecule has 0 spiro atoms. The molecule has 1 aliphatic heterocycles. The first kappa shape index (κ1) is 32.8. The summed E-state index contributed by atoms with van der Waals surface area (Å²) >= 11 is 0. The summed E-state index contributed by atoms with van der Waals surface area (Å²) in [4.78, 5) is 29.8. The number of aromatic nitrogens is 2. The van der Waals surface area contributed by atoms with Crippen molar-refractivity contribution >= 4 is 33.7 Å². The lowest BCUT2D eigenvalue weighted by molar-refractivity contribution is -0.165. The smallest absolute Gasteiger partial charge is 0.354 e. The van der Waals surface area contributed by atoms with Crippen LogP contribution in [0.5, 0.6) is 11.5 Å². The van der Waals surface area contributed by atoms with Crippen molar-refractivity contribution in [2.24, 2.45) is 0 Å². The molecule has 1 fully saturated rings. The fraction of sp³-hybridized carbons (Fsp3) is 0.455. The number of carbonyl (C=O) groups is 2. The summed E-state index contributed by atoms with van der Waals surface area (Å²) in [6.45, 7) is 10.0. The average Bonchev–Trinajstić information content (AvgIpc) is 3.69. The Kier molecular flexibility index (Phi) is 12.0. The van der Waals surface area contributed by atoms with Crippen LogP contribution in [0.2, 0.25) is 0 Å². The van der Waals surface area contributed by atoms with E-state index in [-0.39, 0.29) is 31.4 Å². The van der Waals surface area contributed by atoms with E-state index >= 15 is 0 Å². The summed E-state index contributed by atoms with van der Waals surface area (Å²) in [6.07, 6.45) is 3.07. The number of ether oxygens (including phenoxy) is 6. The van der Waals surface area contributed by atoms with E-state index < -0.39 is 0 Å². The normalized spacial score (nSPS) is 14.6. The Balaban J connectivity index is 0.000000209. The molecule has 0 saturated carbocycles. The molecule has 0 bridgehead atoms. The van der Waals surface area contributed by atoms with Gasteiger partial charge in [-0.15, -0.1) is 0 Å². The number of nitrogens with one attached hydrogen (secondary N) is 2. The highest BCUT2D eigenvalue weighted by Crippen LogP contribution is 2.30. The number of hydrogen-bond acceptors (Lipinski definition) is 9. The van der Waals surface area contributed by atoms with Gasteiger partial charge in [0.2, 0.25) is 0 Å². The molecule has 1 atom stereocenters. The van der Waals surface area contributed by atoms with Gasteiger partial charge in [-0.2, -0.15) is 0 Å². The third-order valence-electron chi connectivity index (χ3n) is 7.07. The van der Waals surface area contributed by atoms with Crippen LogP contribution in [0.4, 0.5) is 0 Å². The Morgan fingerprint density at radius 2 is 1.36 bits per heavy atom. The third-order valence-corrected chi connectivity index (χ3v) is 7.07. The summed E-state index contributed by atoms with van der Waals surface area (Å²) < 4.78 is 32.5. The maximum absolute atomic E-state index is 11.9.